The van der Waals surface area contributed by atoms with E-state index in [1.807, 2.05) is 0 Å². The maximum Gasteiger partial charge on any atom is 0.319 e. The smallest absolute Gasteiger partial charge is 0.319 e. The zero-order valence-electron chi connectivity index (χ0n) is 20.8. The van der Waals surface area contributed by atoms with Crippen LogP contribution < -0.4 is 5.32 Å². The number of hydrogen-bond acceptors (Lipinski definition) is 3. The van der Waals surface area contributed by atoms with Crippen molar-refractivity contribution >= 4 is 16.0 Å². The molecule has 0 aromatic rings. The molecule has 0 aliphatic heterocycles. The van der Waals surface area contributed by atoms with Gasteiger partial charge in [0.1, 0.15) is 0 Å². The Kier molecular flexibility index (Phi) is 17.5. The second-order valence-corrected chi connectivity index (χ2v) is 11.2. The van der Waals surface area contributed by atoms with Crippen molar-refractivity contribution in [2.45, 2.75) is 122 Å². The molecule has 186 valence electrons. The molecule has 1 amide bonds. The molecule has 1 unspecified atom stereocenters. The molecule has 7 heteroatoms. The van der Waals surface area contributed by atoms with Crippen LogP contribution in [0.2, 0.25) is 0 Å². The van der Waals surface area contributed by atoms with Crippen LogP contribution in [-0.4, -0.2) is 55.9 Å². The van der Waals surface area contributed by atoms with Crippen LogP contribution in [-0.2, 0) is 14.9 Å². The van der Waals surface area contributed by atoms with Crippen LogP contribution >= 0.6 is 0 Å². The third-order valence-electron chi connectivity index (χ3n) is 6.21. The summed E-state index contributed by atoms with van der Waals surface area (Å²) in [5.74, 6) is 0.0789. The van der Waals surface area contributed by atoms with E-state index in [0.29, 0.717) is 32.4 Å². The van der Waals surface area contributed by atoms with E-state index in [2.05, 4.69) is 12.2 Å². The largest absolute Gasteiger partial charge is 0.356 e. The second kappa shape index (κ2) is 17.8. The van der Waals surface area contributed by atoms with Crippen LogP contribution in [0.1, 0.15) is 117 Å². The van der Waals surface area contributed by atoms with Crippen molar-refractivity contribution in [1.29, 1.82) is 0 Å². The van der Waals surface area contributed by atoms with E-state index >= 15 is 0 Å². The Bertz CT molecular complexity index is 550. The van der Waals surface area contributed by atoms with Crippen LogP contribution in [0.3, 0.4) is 0 Å². The first-order valence-corrected chi connectivity index (χ1v) is 14.2. The highest BCUT2D eigenvalue weighted by Crippen LogP contribution is 2.17. The third kappa shape index (κ3) is 16.6. The van der Waals surface area contributed by atoms with E-state index < -0.39 is 15.5 Å². The molecule has 0 fully saturated rings. The van der Waals surface area contributed by atoms with Gasteiger partial charge in [-0.05, 0) is 6.42 Å². The van der Waals surface area contributed by atoms with Crippen molar-refractivity contribution < 1.29 is 22.2 Å². The molecular weight excluding hydrogens is 412 g/mol. The Labute approximate surface area is 192 Å². The summed E-state index contributed by atoms with van der Waals surface area (Å²) in [4.78, 5) is 12.0. The standard InChI is InChI=1S/C24H50N2O4S/c1-5-7-8-9-10-11-12-13-14-15-16-17-18-20-23(27)25-21-19-22-26(3,4)24(6-2)31(28,29)30/h24H,5-22H2,1-4H3,(H-,25,27,28,29,30)/p+1. The van der Waals surface area contributed by atoms with Crippen molar-refractivity contribution in [3.05, 3.63) is 0 Å². The molecule has 0 radical (unpaired) electrons. The lowest BCUT2D eigenvalue weighted by molar-refractivity contribution is -0.901. The summed E-state index contributed by atoms with van der Waals surface area (Å²) < 4.78 is 32.6. The van der Waals surface area contributed by atoms with E-state index in [4.69, 9.17) is 0 Å². The second-order valence-electron chi connectivity index (χ2n) is 9.58. The maximum atomic E-state index is 12.0. The molecule has 0 rings (SSSR count). The topological polar surface area (TPSA) is 83.5 Å². The van der Waals surface area contributed by atoms with Crippen LogP contribution in [0.5, 0.6) is 0 Å². The quantitative estimate of drug-likeness (QED) is 0.130. The number of hydrogen-bond donors (Lipinski definition) is 2. The normalized spacial score (nSPS) is 13.3. The molecule has 0 aromatic heterocycles. The minimum atomic E-state index is -4.07. The van der Waals surface area contributed by atoms with Crippen molar-refractivity contribution in [2.75, 3.05) is 27.2 Å². The maximum absolute atomic E-state index is 12.0. The first kappa shape index (κ1) is 30.3. The van der Waals surface area contributed by atoms with Gasteiger partial charge in [0.15, 0.2) is 0 Å². The highest BCUT2D eigenvalue weighted by atomic mass is 32.2. The Balaban J connectivity index is 3.61. The van der Waals surface area contributed by atoms with Gasteiger partial charge in [0.05, 0.1) is 20.6 Å². The Hall–Kier alpha value is -0.660. The molecule has 31 heavy (non-hydrogen) atoms. The fourth-order valence-electron chi connectivity index (χ4n) is 4.32. The highest BCUT2D eigenvalue weighted by molar-refractivity contribution is 7.86. The molecule has 1 atom stereocenters. The number of nitrogens with zero attached hydrogens (tertiary/aromatic N) is 1. The monoisotopic (exact) mass is 463 g/mol. The highest BCUT2D eigenvalue weighted by Gasteiger charge is 2.36. The average Bonchev–Trinajstić information content (AvgIpc) is 2.68. The summed E-state index contributed by atoms with van der Waals surface area (Å²) in [7, 11) is -0.467. The number of carbonyl (C=O) groups is 1. The number of quaternary nitrogens is 1. The van der Waals surface area contributed by atoms with Gasteiger partial charge in [0, 0.05) is 25.8 Å². The lowest BCUT2D eigenvalue weighted by Gasteiger charge is -2.35. The summed E-state index contributed by atoms with van der Waals surface area (Å²) in [6.07, 6.45) is 18.5. The number of carbonyl (C=O) groups excluding carboxylic acids is 1. The summed E-state index contributed by atoms with van der Waals surface area (Å²) >= 11 is 0. The molecule has 0 spiro atoms. The predicted octanol–water partition coefficient (Wildman–Crippen LogP) is 5.67. The number of unbranched alkanes of at least 4 members (excludes halogenated alkanes) is 12. The van der Waals surface area contributed by atoms with Crippen molar-refractivity contribution in [3.63, 3.8) is 0 Å². The van der Waals surface area contributed by atoms with E-state index in [9.17, 15) is 17.8 Å². The van der Waals surface area contributed by atoms with Gasteiger partial charge in [-0.3, -0.25) is 9.35 Å². The van der Waals surface area contributed by atoms with E-state index in [0.717, 1.165) is 12.8 Å². The molecule has 0 aliphatic carbocycles. The average molecular weight is 464 g/mol. The lowest BCUT2D eigenvalue weighted by atomic mass is 10.0. The summed E-state index contributed by atoms with van der Waals surface area (Å²) in [5, 5.41) is 2.11. The predicted molar refractivity (Wildman–Crippen MR) is 131 cm³/mol. The minimum Gasteiger partial charge on any atom is -0.356 e. The van der Waals surface area contributed by atoms with Gasteiger partial charge in [-0.15, -0.1) is 0 Å². The number of nitrogens with one attached hydrogen (secondary N) is 1. The minimum absolute atomic E-state index is 0.0789. The summed E-state index contributed by atoms with van der Waals surface area (Å²) in [5.41, 5.74) is 0. The van der Waals surface area contributed by atoms with Gasteiger partial charge >= 0.3 is 10.1 Å². The van der Waals surface area contributed by atoms with Gasteiger partial charge < -0.3 is 9.80 Å². The van der Waals surface area contributed by atoms with E-state index in [1.165, 1.54) is 70.6 Å². The van der Waals surface area contributed by atoms with Gasteiger partial charge in [0.2, 0.25) is 11.3 Å². The van der Waals surface area contributed by atoms with Crippen LogP contribution in [0.4, 0.5) is 0 Å². The zero-order chi connectivity index (χ0) is 23.6. The van der Waals surface area contributed by atoms with Crippen molar-refractivity contribution in [2.24, 2.45) is 0 Å². The van der Waals surface area contributed by atoms with Gasteiger partial charge in [-0.25, -0.2) is 0 Å². The van der Waals surface area contributed by atoms with E-state index in [1.54, 1.807) is 21.0 Å². The van der Waals surface area contributed by atoms with Crippen LogP contribution in [0.25, 0.3) is 0 Å². The molecule has 0 bridgehead atoms. The molecule has 0 aliphatic rings. The van der Waals surface area contributed by atoms with Crippen molar-refractivity contribution in [1.82, 2.24) is 5.32 Å². The van der Waals surface area contributed by atoms with E-state index in [-0.39, 0.29) is 10.4 Å². The summed E-state index contributed by atoms with van der Waals surface area (Å²) in [6.45, 7) is 5.14. The molecule has 0 heterocycles. The zero-order valence-corrected chi connectivity index (χ0v) is 21.6. The molecular formula is C24H51N2O4S+. The molecule has 0 saturated carbocycles. The fourth-order valence-corrected chi connectivity index (χ4v) is 5.56. The lowest BCUT2D eigenvalue weighted by Crippen LogP contribution is -2.53. The first-order chi connectivity index (χ1) is 14.6. The first-order valence-electron chi connectivity index (χ1n) is 12.7. The van der Waals surface area contributed by atoms with Gasteiger partial charge in [-0.1, -0.05) is 90.9 Å². The molecule has 6 nitrogen and oxygen atoms in total. The van der Waals surface area contributed by atoms with Crippen LogP contribution in [0, 0.1) is 0 Å². The Morgan fingerprint density at radius 3 is 1.68 bits per heavy atom. The third-order valence-corrected chi connectivity index (χ3v) is 7.81. The molecule has 0 aromatic carbocycles. The number of rotatable bonds is 21. The number of amides is 1. The summed E-state index contributed by atoms with van der Waals surface area (Å²) in [6, 6.07) is 0. The van der Waals surface area contributed by atoms with Crippen LogP contribution in [0.15, 0.2) is 0 Å². The Morgan fingerprint density at radius 2 is 1.26 bits per heavy atom. The van der Waals surface area contributed by atoms with Crippen molar-refractivity contribution in [3.8, 4) is 0 Å². The SMILES string of the molecule is CCCCCCCCCCCCCCCC(=O)NCCC[N+](C)(C)C(CC)S(=O)(=O)O. The van der Waals surface area contributed by atoms with Gasteiger partial charge in [-0.2, -0.15) is 8.42 Å². The van der Waals surface area contributed by atoms with Gasteiger partial charge in [0.25, 0.3) is 0 Å². The Morgan fingerprint density at radius 1 is 0.806 bits per heavy atom. The fraction of sp³-hybridized carbons (Fsp3) is 0.958. The molecule has 2 N–H and O–H groups in total. The molecule has 0 saturated heterocycles.